The number of phenols is 1. The van der Waals surface area contributed by atoms with Gasteiger partial charge in [0.25, 0.3) is 0 Å². The van der Waals surface area contributed by atoms with Crippen molar-refractivity contribution >= 4 is 54.5 Å². The lowest BCUT2D eigenvalue weighted by Gasteiger charge is -2.12. The first-order chi connectivity index (χ1) is 16.1. The average molecular weight is 428 g/mol. The van der Waals surface area contributed by atoms with Crippen molar-refractivity contribution in [1.29, 1.82) is 0 Å². The number of phenolic OH excluding ortho intramolecular Hbond substituents is 1. The molecule has 2 N–H and O–H groups in total. The number of para-hydroxylation sites is 2. The van der Waals surface area contributed by atoms with Gasteiger partial charge in [0.05, 0.1) is 11.0 Å². The molecule has 156 valence electrons. The van der Waals surface area contributed by atoms with Crippen LogP contribution in [0.15, 0.2) is 94.1 Å². The molecule has 0 fully saturated rings. The summed E-state index contributed by atoms with van der Waals surface area (Å²) < 4.78 is 6.46. The highest BCUT2D eigenvalue weighted by molar-refractivity contribution is 6.16. The van der Waals surface area contributed by atoms with Crippen molar-refractivity contribution < 1.29 is 9.52 Å². The molecule has 5 nitrogen and oxygen atoms in total. The third kappa shape index (κ3) is 2.66. The highest BCUT2D eigenvalue weighted by Gasteiger charge is 2.18. The van der Waals surface area contributed by atoms with Crippen LogP contribution in [0.4, 0.5) is 0 Å². The molecule has 0 saturated carbocycles. The van der Waals surface area contributed by atoms with Gasteiger partial charge in [0, 0.05) is 21.7 Å². The number of H-pyrrole nitrogens is 1. The van der Waals surface area contributed by atoms with Crippen LogP contribution in [-0.2, 0) is 0 Å². The van der Waals surface area contributed by atoms with Gasteiger partial charge in [0.2, 0.25) is 0 Å². The summed E-state index contributed by atoms with van der Waals surface area (Å²) in [5.74, 6) is 0.953. The van der Waals surface area contributed by atoms with Crippen molar-refractivity contribution in [3.63, 3.8) is 0 Å². The predicted octanol–water partition coefficient (Wildman–Crippen LogP) is 6.50. The van der Waals surface area contributed by atoms with Gasteiger partial charge in [-0.1, -0.05) is 24.3 Å². The Balaban J connectivity index is 1.70. The van der Waals surface area contributed by atoms with Crippen LogP contribution in [0.3, 0.4) is 0 Å². The second-order valence-electron chi connectivity index (χ2n) is 8.28. The molecule has 2 aromatic heterocycles. The molecular weight excluding hydrogens is 412 g/mol. The summed E-state index contributed by atoms with van der Waals surface area (Å²) in [5, 5.41) is 15.3. The highest BCUT2D eigenvalue weighted by Crippen LogP contribution is 2.40. The summed E-state index contributed by atoms with van der Waals surface area (Å²) in [4.78, 5) is 20.3. The number of hydrogen-bond acceptors (Lipinski definition) is 4. The first-order valence-corrected chi connectivity index (χ1v) is 10.7. The van der Waals surface area contributed by atoms with Crippen LogP contribution in [0.5, 0.6) is 5.75 Å². The number of rotatable bonds is 1. The number of imidazole rings is 1. The molecule has 0 amide bonds. The number of fused-ring (bicyclic) bond motifs is 6. The van der Waals surface area contributed by atoms with E-state index in [4.69, 9.17) is 9.40 Å². The van der Waals surface area contributed by atoms with Crippen LogP contribution >= 0.6 is 0 Å². The van der Waals surface area contributed by atoms with Gasteiger partial charge in [0.15, 0.2) is 5.43 Å². The third-order valence-corrected chi connectivity index (χ3v) is 6.24. The maximum absolute atomic E-state index is 12.0. The normalized spacial score (nSPS) is 11.9. The lowest BCUT2D eigenvalue weighted by atomic mass is 9.98. The molecule has 0 saturated heterocycles. The van der Waals surface area contributed by atoms with Crippen molar-refractivity contribution in [1.82, 2.24) is 9.97 Å². The Morgan fingerprint density at radius 3 is 2.52 bits per heavy atom. The van der Waals surface area contributed by atoms with Gasteiger partial charge in [-0.15, -0.1) is 0 Å². The molecule has 7 aromatic rings. The minimum atomic E-state index is -0.0407. The zero-order chi connectivity index (χ0) is 22.1. The molecule has 7 rings (SSSR count). The summed E-state index contributed by atoms with van der Waals surface area (Å²) in [7, 11) is 0. The molecule has 0 spiro atoms. The molecule has 0 unspecified atom stereocenters. The van der Waals surface area contributed by atoms with Gasteiger partial charge in [-0.25, -0.2) is 4.98 Å². The first kappa shape index (κ1) is 18.0. The average Bonchev–Trinajstić information content (AvgIpc) is 3.25. The van der Waals surface area contributed by atoms with Crippen molar-refractivity contribution in [3.8, 4) is 17.1 Å². The Hall–Kier alpha value is -4.64. The minimum Gasteiger partial charge on any atom is -0.508 e. The molecule has 2 heterocycles. The number of aromatic hydroxyl groups is 1. The number of hydrogen-bond donors (Lipinski definition) is 2. The molecule has 5 heteroatoms. The van der Waals surface area contributed by atoms with E-state index in [2.05, 4.69) is 11.1 Å². The Morgan fingerprint density at radius 1 is 0.758 bits per heavy atom. The zero-order valence-corrected chi connectivity index (χ0v) is 17.3. The SMILES string of the molecule is O=c1ccc2cc3c(-c4nc5ccccc5[nH]4)c4ccc5cc(O)ccc5c4oc3cc2c1. The van der Waals surface area contributed by atoms with Gasteiger partial charge < -0.3 is 14.5 Å². The third-order valence-electron chi connectivity index (χ3n) is 6.24. The molecule has 0 aliphatic carbocycles. The second-order valence-corrected chi connectivity index (χ2v) is 8.28. The molecule has 0 aliphatic rings. The smallest absolute Gasteiger partial charge is 0.179 e. The minimum absolute atomic E-state index is 0.0407. The summed E-state index contributed by atoms with van der Waals surface area (Å²) in [6, 6.07) is 26.2. The topological polar surface area (TPSA) is 79.1 Å². The fourth-order valence-electron chi connectivity index (χ4n) is 4.71. The van der Waals surface area contributed by atoms with Crippen LogP contribution in [0.2, 0.25) is 0 Å². The van der Waals surface area contributed by atoms with Crippen molar-refractivity contribution in [2.24, 2.45) is 0 Å². The standard InChI is InChI=1S/C28H16N2O3/c31-18-7-5-15-13-22-25(14-17(15)12-18)33-27-20-10-8-19(32)11-16(20)6-9-21(27)26(22)28-29-23-3-1-2-4-24(23)30-28/h1-14,32H,(H,29,30). The number of nitrogens with one attached hydrogen (secondary N) is 1. The Kier molecular flexibility index (Phi) is 3.51. The Labute approximate surface area is 186 Å². The zero-order valence-electron chi connectivity index (χ0n) is 17.3. The van der Waals surface area contributed by atoms with Crippen LogP contribution in [0, 0.1) is 0 Å². The summed E-state index contributed by atoms with van der Waals surface area (Å²) in [6.45, 7) is 0. The Morgan fingerprint density at radius 2 is 1.61 bits per heavy atom. The number of aromatic nitrogens is 2. The second kappa shape index (κ2) is 6.43. The molecule has 5 aromatic carbocycles. The lowest BCUT2D eigenvalue weighted by Crippen LogP contribution is -1.95. The predicted molar refractivity (Wildman–Crippen MR) is 132 cm³/mol. The van der Waals surface area contributed by atoms with Crippen LogP contribution < -0.4 is 5.43 Å². The van der Waals surface area contributed by atoms with E-state index in [1.54, 1.807) is 24.3 Å². The van der Waals surface area contributed by atoms with Crippen molar-refractivity contribution in [2.45, 2.75) is 0 Å². The largest absolute Gasteiger partial charge is 0.508 e. The van der Waals surface area contributed by atoms with Crippen molar-refractivity contribution in [3.05, 3.63) is 95.2 Å². The molecule has 0 aliphatic heterocycles. The van der Waals surface area contributed by atoms with E-state index in [9.17, 15) is 9.90 Å². The van der Waals surface area contributed by atoms with Crippen LogP contribution in [-0.4, -0.2) is 15.1 Å². The quantitative estimate of drug-likeness (QED) is 0.231. The summed E-state index contributed by atoms with van der Waals surface area (Å²) in [5.41, 5.74) is 4.10. The molecule has 0 bridgehead atoms. The summed E-state index contributed by atoms with van der Waals surface area (Å²) >= 11 is 0. The van der Waals surface area contributed by atoms with E-state index < -0.39 is 0 Å². The molecular formula is C28H16N2O3. The maximum Gasteiger partial charge on any atom is 0.179 e. The Bertz CT molecular complexity index is 1930. The van der Waals surface area contributed by atoms with E-state index in [1.165, 1.54) is 0 Å². The van der Waals surface area contributed by atoms with Gasteiger partial charge in [-0.05, 0) is 76.8 Å². The number of aromatic amines is 1. The fourth-order valence-corrected chi connectivity index (χ4v) is 4.71. The van der Waals surface area contributed by atoms with Gasteiger partial charge >= 0.3 is 0 Å². The fraction of sp³-hybridized carbons (Fsp3) is 0. The van der Waals surface area contributed by atoms with E-state index in [0.717, 1.165) is 54.7 Å². The van der Waals surface area contributed by atoms with Crippen LogP contribution in [0.1, 0.15) is 0 Å². The lowest BCUT2D eigenvalue weighted by molar-refractivity contribution is 0.476. The van der Waals surface area contributed by atoms with Crippen molar-refractivity contribution in [2.75, 3.05) is 0 Å². The van der Waals surface area contributed by atoms with Gasteiger partial charge in [-0.3, -0.25) is 4.79 Å². The highest BCUT2D eigenvalue weighted by atomic mass is 16.3. The maximum atomic E-state index is 12.0. The number of nitrogens with zero attached hydrogens (tertiary/aromatic N) is 1. The number of benzene rings is 5. The van der Waals surface area contributed by atoms with Crippen LogP contribution in [0.25, 0.3) is 65.9 Å². The van der Waals surface area contributed by atoms with E-state index >= 15 is 0 Å². The van der Waals surface area contributed by atoms with E-state index in [1.807, 2.05) is 54.6 Å². The van der Waals surface area contributed by atoms with E-state index in [0.29, 0.717) is 11.2 Å². The first-order valence-electron chi connectivity index (χ1n) is 10.7. The monoisotopic (exact) mass is 428 g/mol. The van der Waals surface area contributed by atoms with Gasteiger partial charge in [0.1, 0.15) is 22.7 Å². The molecule has 0 atom stereocenters. The molecule has 33 heavy (non-hydrogen) atoms. The summed E-state index contributed by atoms with van der Waals surface area (Å²) in [6.07, 6.45) is 0. The van der Waals surface area contributed by atoms with E-state index in [-0.39, 0.29) is 11.2 Å². The molecule has 0 radical (unpaired) electrons. The van der Waals surface area contributed by atoms with Gasteiger partial charge in [-0.2, -0.15) is 0 Å².